The minimum atomic E-state index is -4.01. The molecule has 2 aliphatic rings. The standard InChI is InChI=1S/C18H22FNO5S/c1-11(2)14-17(3,4)25-16(22)20(14)15(21)18(19)10-13(18)26(23,24)12-8-6-5-7-9-12/h5-9,11,13-14H,10H2,1-4H3/t13?,14-,18?/m0/s1. The van der Waals surface area contributed by atoms with Crippen LogP contribution in [0.1, 0.15) is 34.1 Å². The van der Waals surface area contributed by atoms with Crippen molar-refractivity contribution in [3.63, 3.8) is 0 Å². The third-order valence-electron chi connectivity index (χ3n) is 5.02. The fourth-order valence-corrected chi connectivity index (χ4v) is 5.76. The number of halogens is 1. The summed E-state index contributed by atoms with van der Waals surface area (Å²) in [5.74, 6) is -1.30. The van der Waals surface area contributed by atoms with Crippen LogP contribution in [-0.2, 0) is 19.4 Å². The van der Waals surface area contributed by atoms with E-state index in [1.165, 1.54) is 24.3 Å². The number of sulfone groups is 1. The molecule has 1 heterocycles. The van der Waals surface area contributed by atoms with E-state index in [1.807, 2.05) is 0 Å². The quantitative estimate of drug-likeness (QED) is 0.799. The fourth-order valence-electron chi connectivity index (χ4n) is 3.84. The fraction of sp³-hybridized carbons (Fsp3) is 0.556. The van der Waals surface area contributed by atoms with Crippen LogP contribution >= 0.6 is 0 Å². The Bertz CT molecular complexity index is 852. The van der Waals surface area contributed by atoms with Crippen LogP contribution < -0.4 is 0 Å². The third-order valence-corrected chi connectivity index (χ3v) is 7.24. The monoisotopic (exact) mass is 383 g/mol. The summed E-state index contributed by atoms with van der Waals surface area (Å²) in [6, 6.07) is 6.77. The summed E-state index contributed by atoms with van der Waals surface area (Å²) in [5.41, 5.74) is -3.58. The van der Waals surface area contributed by atoms with Gasteiger partial charge in [-0.05, 0) is 31.9 Å². The maximum atomic E-state index is 15.3. The van der Waals surface area contributed by atoms with Crippen molar-refractivity contribution in [2.45, 2.75) is 61.6 Å². The summed E-state index contributed by atoms with van der Waals surface area (Å²) < 4.78 is 45.8. The second kappa shape index (κ2) is 5.77. The first-order valence-corrected chi connectivity index (χ1v) is 10.0. The van der Waals surface area contributed by atoms with Crippen LogP contribution in [0.4, 0.5) is 9.18 Å². The van der Waals surface area contributed by atoms with Crippen LogP contribution in [0.25, 0.3) is 0 Å². The van der Waals surface area contributed by atoms with Gasteiger partial charge in [-0.15, -0.1) is 0 Å². The number of rotatable bonds is 4. The summed E-state index contributed by atoms with van der Waals surface area (Å²) in [4.78, 5) is 25.8. The van der Waals surface area contributed by atoms with Gasteiger partial charge in [0.2, 0.25) is 5.67 Å². The number of benzene rings is 1. The molecule has 0 radical (unpaired) electrons. The molecule has 2 fully saturated rings. The molecule has 1 aromatic rings. The minimum Gasteiger partial charge on any atom is -0.441 e. The first-order chi connectivity index (χ1) is 11.9. The zero-order valence-electron chi connectivity index (χ0n) is 15.1. The summed E-state index contributed by atoms with van der Waals surface area (Å²) in [6.07, 6.45) is -1.39. The second-order valence-corrected chi connectivity index (χ2v) is 9.88. The number of ether oxygens (including phenoxy) is 1. The average molecular weight is 383 g/mol. The molecule has 1 aliphatic carbocycles. The number of imide groups is 1. The van der Waals surface area contributed by atoms with Crippen LogP contribution in [0.15, 0.2) is 35.2 Å². The van der Waals surface area contributed by atoms with Gasteiger partial charge in [-0.1, -0.05) is 32.0 Å². The molecular weight excluding hydrogens is 361 g/mol. The Morgan fingerprint density at radius 2 is 1.85 bits per heavy atom. The van der Waals surface area contributed by atoms with Crippen molar-refractivity contribution in [1.29, 1.82) is 0 Å². The molecule has 3 rings (SSSR count). The first kappa shape index (κ1) is 18.8. The van der Waals surface area contributed by atoms with Gasteiger partial charge in [0.05, 0.1) is 10.9 Å². The zero-order chi connectivity index (χ0) is 19.5. The van der Waals surface area contributed by atoms with E-state index >= 15 is 4.39 Å². The lowest BCUT2D eigenvalue weighted by Crippen LogP contribution is -2.51. The molecule has 8 heteroatoms. The van der Waals surface area contributed by atoms with Gasteiger partial charge in [-0.2, -0.15) is 0 Å². The van der Waals surface area contributed by atoms with Crippen molar-refractivity contribution in [2.24, 2.45) is 5.92 Å². The van der Waals surface area contributed by atoms with Gasteiger partial charge in [0, 0.05) is 6.42 Å². The largest absolute Gasteiger partial charge is 0.441 e. The Morgan fingerprint density at radius 3 is 2.38 bits per heavy atom. The highest BCUT2D eigenvalue weighted by Crippen LogP contribution is 2.51. The predicted molar refractivity (Wildman–Crippen MR) is 91.9 cm³/mol. The zero-order valence-corrected chi connectivity index (χ0v) is 15.9. The lowest BCUT2D eigenvalue weighted by molar-refractivity contribution is -0.137. The number of carbonyl (C=O) groups is 2. The molecule has 2 unspecified atom stereocenters. The van der Waals surface area contributed by atoms with Gasteiger partial charge in [-0.25, -0.2) is 22.5 Å². The molecule has 142 valence electrons. The highest BCUT2D eigenvalue weighted by molar-refractivity contribution is 7.92. The van der Waals surface area contributed by atoms with E-state index in [1.54, 1.807) is 33.8 Å². The van der Waals surface area contributed by atoms with Crippen LogP contribution in [-0.4, -0.2) is 47.9 Å². The SMILES string of the molecule is CC(C)[C@@H]1N(C(=O)C2(F)CC2S(=O)(=O)c2ccccc2)C(=O)OC1(C)C. The van der Waals surface area contributed by atoms with Crippen LogP contribution in [0.5, 0.6) is 0 Å². The van der Waals surface area contributed by atoms with Gasteiger partial charge in [0.25, 0.3) is 5.91 Å². The lowest BCUT2D eigenvalue weighted by Gasteiger charge is -2.31. The number of cyclic esters (lactones) is 1. The number of carbonyl (C=O) groups excluding carboxylic acids is 2. The minimum absolute atomic E-state index is 0.0398. The average Bonchev–Trinajstić information content (AvgIpc) is 3.19. The number of amides is 2. The highest BCUT2D eigenvalue weighted by Gasteiger charge is 2.71. The van der Waals surface area contributed by atoms with Crippen molar-refractivity contribution in [1.82, 2.24) is 4.90 Å². The maximum absolute atomic E-state index is 15.3. The van der Waals surface area contributed by atoms with Crippen molar-refractivity contribution in [2.75, 3.05) is 0 Å². The number of nitrogens with zero attached hydrogens (tertiary/aromatic N) is 1. The van der Waals surface area contributed by atoms with Gasteiger partial charge in [0.1, 0.15) is 10.9 Å². The summed E-state index contributed by atoms with van der Waals surface area (Å²) in [5, 5.41) is -1.49. The van der Waals surface area contributed by atoms with Gasteiger partial charge < -0.3 is 4.74 Å². The molecule has 0 N–H and O–H groups in total. The predicted octanol–water partition coefficient (Wildman–Crippen LogP) is 2.72. The Morgan fingerprint density at radius 1 is 1.27 bits per heavy atom. The van der Waals surface area contributed by atoms with E-state index in [2.05, 4.69) is 0 Å². The molecule has 0 aromatic heterocycles. The lowest BCUT2D eigenvalue weighted by atomic mass is 9.88. The van der Waals surface area contributed by atoms with Crippen LogP contribution in [0, 0.1) is 5.92 Å². The molecular formula is C18H22FNO5S. The number of alkyl halides is 1. The molecule has 6 nitrogen and oxygen atoms in total. The molecule has 2 amide bonds. The molecule has 1 aliphatic heterocycles. The molecule has 1 aromatic carbocycles. The Balaban J connectivity index is 1.91. The smallest absolute Gasteiger partial charge is 0.417 e. The molecule has 1 saturated carbocycles. The van der Waals surface area contributed by atoms with E-state index in [-0.39, 0.29) is 10.8 Å². The molecule has 3 atom stereocenters. The maximum Gasteiger partial charge on any atom is 0.417 e. The molecule has 1 saturated heterocycles. The van der Waals surface area contributed by atoms with Gasteiger partial charge in [0.15, 0.2) is 9.84 Å². The van der Waals surface area contributed by atoms with E-state index in [4.69, 9.17) is 4.74 Å². The first-order valence-electron chi connectivity index (χ1n) is 8.47. The van der Waals surface area contributed by atoms with E-state index < -0.39 is 50.8 Å². The second-order valence-electron chi connectivity index (χ2n) is 7.75. The van der Waals surface area contributed by atoms with Crippen molar-refractivity contribution in [3.05, 3.63) is 30.3 Å². The topological polar surface area (TPSA) is 80.8 Å². The van der Waals surface area contributed by atoms with Gasteiger partial charge >= 0.3 is 6.09 Å². The van der Waals surface area contributed by atoms with Crippen LogP contribution in [0.3, 0.4) is 0 Å². The molecule has 26 heavy (non-hydrogen) atoms. The summed E-state index contributed by atoms with van der Waals surface area (Å²) in [6.45, 7) is 6.90. The Labute approximate surface area is 152 Å². The van der Waals surface area contributed by atoms with Crippen LogP contribution in [0.2, 0.25) is 0 Å². The third kappa shape index (κ3) is 2.71. The van der Waals surface area contributed by atoms with E-state index in [0.29, 0.717) is 0 Å². The van der Waals surface area contributed by atoms with E-state index in [9.17, 15) is 18.0 Å². The Hall–Kier alpha value is -1.96. The van der Waals surface area contributed by atoms with Crippen molar-refractivity contribution in [3.8, 4) is 0 Å². The number of hydrogen-bond donors (Lipinski definition) is 0. The Kier molecular flexibility index (Phi) is 4.18. The highest BCUT2D eigenvalue weighted by atomic mass is 32.2. The summed E-state index contributed by atoms with van der Waals surface area (Å²) >= 11 is 0. The van der Waals surface area contributed by atoms with Crippen molar-refractivity contribution >= 4 is 21.8 Å². The van der Waals surface area contributed by atoms with Crippen molar-refractivity contribution < 1.29 is 27.1 Å². The van der Waals surface area contributed by atoms with Gasteiger partial charge in [-0.3, -0.25) is 4.79 Å². The summed E-state index contributed by atoms with van der Waals surface area (Å²) in [7, 11) is -4.01. The van der Waals surface area contributed by atoms with E-state index in [0.717, 1.165) is 4.90 Å². The normalized spacial score (nSPS) is 30.4. The number of hydrogen-bond acceptors (Lipinski definition) is 5. The molecule has 0 bridgehead atoms. The molecule has 0 spiro atoms.